The van der Waals surface area contributed by atoms with Gasteiger partial charge in [0.05, 0.1) is 0 Å². The van der Waals surface area contributed by atoms with Crippen molar-refractivity contribution in [2.24, 2.45) is 0 Å². The van der Waals surface area contributed by atoms with E-state index < -0.39 is 0 Å². The molecule has 0 spiro atoms. The van der Waals surface area contributed by atoms with E-state index in [4.69, 9.17) is 0 Å². The summed E-state index contributed by atoms with van der Waals surface area (Å²) in [5.41, 5.74) is 0. The van der Waals surface area contributed by atoms with Crippen molar-refractivity contribution < 1.29 is 16.8 Å². The molecule has 0 atom stereocenters. The van der Waals surface area contributed by atoms with Gasteiger partial charge in [-0.1, -0.05) is 24.3 Å². The minimum atomic E-state index is 0. The second-order valence-electron chi connectivity index (χ2n) is 4.10. The smallest absolute Gasteiger partial charge is 0.0267 e. The summed E-state index contributed by atoms with van der Waals surface area (Å²) >= 11 is 0. The SMILES string of the molecule is [Co].c1ccncc1.c1ccncc1.c1ccncc1.c1ccncc1. The molecule has 129 valence electrons. The third-order valence-corrected chi connectivity index (χ3v) is 2.27. The fourth-order valence-electron chi connectivity index (χ4n) is 1.25. The molecule has 0 fully saturated rings. The van der Waals surface area contributed by atoms with E-state index in [0.717, 1.165) is 0 Å². The molecule has 0 N–H and O–H groups in total. The van der Waals surface area contributed by atoms with E-state index >= 15 is 0 Å². The van der Waals surface area contributed by atoms with Crippen LogP contribution in [0.3, 0.4) is 0 Å². The molecule has 0 amide bonds. The Bertz CT molecular complexity index is 436. The van der Waals surface area contributed by atoms with E-state index in [9.17, 15) is 0 Å². The molecule has 0 aliphatic heterocycles. The monoisotopic (exact) mass is 375 g/mol. The normalized spacial score (nSPS) is 7.68. The maximum atomic E-state index is 3.78. The minimum absolute atomic E-state index is 0. The van der Waals surface area contributed by atoms with Gasteiger partial charge in [0.25, 0.3) is 0 Å². The van der Waals surface area contributed by atoms with Crippen LogP contribution in [0.25, 0.3) is 0 Å². The predicted molar refractivity (Wildman–Crippen MR) is 96.9 cm³/mol. The van der Waals surface area contributed by atoms with Gasteiger partial charge >= 0.3 is 0 Å². The van der Waals surface area contributed by atoms with Gasteiger partial charge < -0.3 is 0 Å². The first kappa shape index (κ1) is 22.1. The standard InChI is InChI=1S/4C5H5N.Co/c4*1-2-4-6-5-3-1;/h4*1-5H;. The van der Waals surface area contributed by atoms with Crippen LogP contribution < -0.4 is 0 Å². The number of hydrogen-bond donors (Lipinski definition) is 0. The van der Waals surface area contributed by atoms with Gasteiger partial charge in [0.1, 0.15) is 0 Å². The molecule has 5 heteroatoms. The number of hydrogen-bond acceptors (Lipinski definition) is 4. The largest absolute Gasteiger partial charge is 0.265 e. The van der Waals surface area contributed by atoms with Gasteiger partial charge in [0, 0.05) is 66.4 Å². The molecule has 25 heavy (non-hydrogen) atoms. The van der Waals surface area contributed by atoms with Crippen LogP contribution in [-0.4, -0.2) is 19.9 Å². The van der Waals surface area contributed by atoms with Crippen LogP contribution in [0.5, 0.6) is 0 Å². The van der Waals surface area contributed by atoms with Gasteiger partial charge in [-0.25, -0.2) is 0 Å². The van der Waals surface area contributed by atoms with Crippen LogP contribution in [0.1, 0.15) is 0 Å². The summed E-state index contributed by atoms with van der Waals surface area (Å²) in [5.74, 6) is 0. The quantitative estimate of drug-likeness (QED) is 0.459. The maximum absolute atomic E-state index is 3.78. The van der Waals surface area contributed by atoms with E-state index in [-0.39, 0.29) is 16.8 Å². The summed E-state index contributed by atoms with van der Waals surface area (Å²) < 4.78 is 0. The Kier molecular flexibility index (Phi) is 16.9. The molecule has 0 bridgehead atoms. The molecular weight excluding hydrogens is 355 g/mol. The van der Waals surface area contributed by atoms with Crippen LogP contribution >= 0.6 is 0 Å². The van der Waals surface area contributed by atoms with Gasteiger partial charge in [-0.05, 0) is 48.5 Å². The van der Waals surface area contributed by atoms with Crippen molar-refractivity contribution in [2.45, 2.75) is 0 Å². The minimum Gasteiger partial charge on any atom is -0.265 e. The zero-order valence-electron chi connectivity index (χ0n) is 13.7. The van der Waals surface area contributed by atoms with Crippen molar-refractivity contribution in [3.8, 4) is 0 Å². The number of rotatable bonds is 0. The molecule has 4 aromatic heterocycles. The van der Waals surface area contributed by atoms with Crippen LogP contribution in [0.15, 0.2) is 122 Å². The average Bonchev–Trinajstić information content (AvgIpc) is 2.75. The summed E-state index contributed by atoms with van der Waals surface area (Å²) in [7, 11) is 0. The summed E-state index contributed by atoms with van der Waals surface area (Å²) in [4.78, 5) is 15.1. The Labute approximate surface area is 159 Å². The maximum Gasteiger partial charge on any atom is 0.0267 e. The third-order valence-electron chi connectivity index (χ3n) is 2.27. The fourth-order valence-corrected chi connectivity index (χ4v) is 1.25. The third kappa shape index (κ3) is 17.3. The Morgan fingerprint density at radius 2 is 0.400 bits per heavy atom. The van der Waals surface area contributed by atoms with Crippen LogP contribution in [-0.2, 0) is 16.8 Å². The van der Waals surface area contributed by atoms with Crippen LogP contribution in [0, 0.1) is 0 Å². The first-order chi connectivity index (χ1) is 12.0. The van der Waals surface area contributed by atoms with Crippen LogP contribution in [0.2, 0.25) is 0 Å². The fraction of sp³-hybridized carbons (Fsp3) is 0. The topological polar surface area (TPSA) is 51.6 Å². The van der Waals surface area contributed by atoms with Crippen molar-refractivity contribution >= 4 is 0 Å². The Morgan fingerprint density at radius 3 is 0.440 bits per heavy atom. The summed E-state index contributed by atoms with van der Waals surface area (Å²) in [5, 5.41) is 0. The van der Waals surface area contributed by atoms with E-state index in [1.807, 2.05) is 72.8 Å². The molecule has 4 rings (SSSR count). The van der Waals surface area contributed by atoms with Gasteiger partial charge in [0.15, 0.2) is 0 Å². The second-order valence-corrected chi connectivity index (χ2v) is 4.10. The number of nitrogens with zero attached hydrogens (tertiary/aromatic N) is 4. The zero-order chi connectivity index (χ0) is 17.0. The molecule has 1 radical (unpaired) electrons. The van der Waals surface area contributed by atoms with Gasteiger partial charge in [-0.3, -0.25) is 19.9 Å². The van der Waals surface area contributed by atoms with Gasteiger partial charge in [-0.2, -0.15) is 0 Å². The Balaban J connectivity index is 0.000000303. The van der Waals surface area contributed by atoms with Crippen molar-refractivity contribution in [1.82, 2.24) is 19.9 Å². The van der Waals surface area contributed by atoms with E-state index in [1.54, 1.807) is 49.6 Å². The van der Waals surface area contributed by atoms with E-state index in [0.29, 0.717) is 0 Å². The number of pyridine rings is 4. The number of aromatic nitrogens is 4. The molecule has 4 nitrogen and oxygen atoms in total. The molecule has 0 saturated heterocycles. The molecule has 4 heterocycles. The molecule has 0 aliphatic carbocycles. The summed E-state index contributed by atoms with van der Waals surface area (Å²) in [6.07, 6.45) is 14.0. The average molecular weight is 375 g/mol. The van der Waals surface area contributed by atoms with Crippen LogP contribution in [0.4, 0.5) is 0 Å². The molecule has 0 unspecified atom stereocenters. The van der Waals surface area contributed by atoms with Crippen molar-refractivity contribution in [3.05, 3.63) is 122 Å². The van der Waals surface area contributed by atoms with Gasteiger partial charge in [0.2, 0.25) is 0 Å². The van der Waals surface area contributed by atoms with E-state index in [2.05, 4.69) is 19.9 Å². The van der Waals surface area contributed by atoms with Crippen molar-refractivity contribution in [2.75, 3.05) is 0 Å². The Hall–Kier alpha value is -2.89. The first-order valence-corrected chi connectivity index (χ1v) is 7.40. The van der Waals surface area contributed by atoms with Crippen molar-refractivity contribution in [1.29, 1.82) is 0 Å². The Morgan fingerprint density at radius 1 is 0.240 bits per heavy atom. The molecule has 0 aliphatic rings. The second kappa shape index (κ2) is 19.2. The summed E-state index contributed by atoms with van der Waals surface area (Å²) in [6, 6.07) is 22.9. The molecular formula is C20H20CoN4. The molecule has 0 aromatic carbocycles. The molecule has 0 saturated carbocycles. The molecule has 4 aromatic rings. The predicted octanol–water partition coefficient (Wildman–Crippen LogP) is 4.32. The summed E-state index contributed by atoms with van der Waals surface area (Å²) in [6.45, 7) is 0. The zero-order valence-corrected chi connectivity index (χ0v) is 14.7. The van der Waals surface area contributed by atoms with E-state index in [1.165, 1.54) is 0 Å². The van der Waals surface area contributed by atoms with Gasteiger partial charge in [-0.15, -0.1) is 0 Å². The van der Waals surface area contributed by atoms with Crippen molar-refractivity contribution in [3.63, 3.8) is 0 Å². The first-order valence-electron chi connectivity index (χ1n) is 7.40.